The van der Waals surface area contributed by atoms with E-state index in [0.717, 1.165) is 24.5 Å². The van der Waals surface area contributed by atoms with Crippen LogP contribution in [0.15, 0.2) is 36.4 Å². The smallest absolute Gasteiger partial charge is 0.317 e. The average Bonchev–Trinajstić information content (AvgIpc) is 3.28. The van der Waals surface area contributed by atoms with E-state index in [9.17, 15) is 14.0 Å². The first-order valence-electron chi connectivity index (χ1n) is 9.97. The second-order valence-electron chi connectivity index (χ2n) is 7.50. The van der Waals surface area contributed by atoms with Crippen molar-refractivity contribution in [3.8, 4) is 17.2 Å². The maximum absolute atomic E-state index is 13.9. The molecule has 0 amide bonds. The molecule has 0 unspecified atom stereocenters. The number of carbonyl (C=O) groups excluding carboxylic acids is 2. The Morgan fingerprint density at radius 2 is 1.77 bits per heavy atom. The standard InChI is InChI=1S/C23H23FO6/c1-27-19-6-4-15(12-17(19)24)18(25)14-30-22(26)23(8-2-3-9-23)16-5-7-20-21(13-16)29-11-10-28-20/h4-7,12-13H,2-3,8-11,14H2,1H3. The number of benzene rings is 2. The minimum Gasteiger partial charge on any atom is -0.494 e. The molecule has 1 saturated carbocycles. The van der Waals surface area contributed by atoms with Crippen LogP contribution in [0.3, 0.4) is 0 Å². The Morgan fingerprint density at radius 1 is 1.03 bits per heavy atom. The van der Waals surface area contributed by atoms with E-state index in [2.05, 4.69) is 0 Å². The van der Waals surface area contributed by atoms with Crippen LogP contribution in [0.2, 0.25) is 0 Å². The Hall–Kier alpha value is -3.09. The van der Waals surface area contributed by atoms with Crippen LogP contribution in [0.1, 0.15) is 41.6 Å². The lowest BCUT2D eigenvalue weighted by atomic mass is 9.78. The summed E-state index contributed by atoms with van der Waals surface area (Å²) in [5.74, 6) is -0.240. The van der Waals surface area contributed by atoms with Crippen molar-refractivity contribution in [2.45, 2.75) is 31.1 Å². The van der Waals surface area contributed by atoms with Gasteiger partial charge in [-0.2, -0.15) is 0 Å². The number of ether oxygens (including phenoxy) is 4. The van der Waals surface area contributed by atoms with Gasteiger partial charge in [0.15, 0.2) is 35.5 Å². The molecule has 158 valence electrons. The van der Waals surface area contributed by atoms with Crippen molar-refractivity contribution in [1.29, 1.82) is 0 Å². The monoisotopic (exact) mass is 414 g/mol. The summed E-state index contributed by atoms with van der Waals surface area (Å²) >= 11 is 0. The summed E-state index contributed by atoms with van der Waals surface area (Å²) < 4.78 is 35.4. The van der Waals surface area contributed by atoms with Crippen molar-refractivity contribution in [2.75, 3.05) is 26.9 Å². The predicted molar refractivity (Wildman–Crippen MR) is 106 cm³/mol. The van der Waals surface area contributed by atoms with Crippen molar-refractivity contribution in [1.82, 2.24) is 0 Å². The van der Waals surface area contributed by atoms with Gasteiger partial charge in [-0.05, 0) is 48.7 Å². The van der Waals surface area contributed by atoms with E-state index in [1.807, 2.05) is 18.2 Å². The highest BCUT2D eigenvalue weighted by atomic mass is 19.1. The number of ketones is 1. The second kappa shape index (κ2) is 8.34. The molecule has 0 bridgehead atoms. The lowest BCUT2D eigenvalue weighted by Crippen LogP contribution is -2.36. The summed E-state index contributed by atoms with van der Waals surface area (Å²) in [5, 5.41) is 0. The fourth-order valence-corrected chi connectivity index (χ4v) is 4.12. The van der Waals surface area contributed by atoms with Crippen LogP contribution in [0.5, 0.6) is 17.2 Å². The summed E-state index contributed by atoms with van der Waals surface area (Å²) in [4.78, 5) is 25.5. The van der Waals surface area contributed by atoms with E-state index < -0.39 is 29.6 Å². The Kier molecular flexibility index (Phi) is 5.61. The van der Waals surface area contributed by atoms with Crippen LogP contribution >= 0.6 is 0 Å². The molecule has 30 heavy (non-hydrogen) atoms. The lowest BCUT2D eigenvalue weighted by Gasteiger charge is -2.28. The largest absolute Gasteiger partial charge is 0.494 e. The molecule has 6 nitrogen and oxygen atoms in total. The van der Waals surface area contributed by atoms with Gasteiger partial charge in [-0.3, -0.25) is 9.59 Å². The molecule has 0 spiro atoms. The normalized spacial score (nSPS) is 16.7. The number of hydrogen-bond donors (Lipinski definition) is 0. The first kappa shape index (κ1) is 20.2. The number of halogens is 1. The summed E-state index contributed by atoms with van der Waals surface area (Å²) in [6.07, 6.45) is 3.05. The summed E-state index contributed by atoms with van der Waals surface area (Å²) in [5.41, 5.74) is 0.111. The second-order valence-corrected chi connectivity index (χ2v) is 7.50. The molecular formula is C23H23FO6. The Balaban J connectivity index is 1.50. The number of hydrogen-bond acceptors (Lipinski definition) is 6. The van der Waals surface area contributed by atoms with Crippen molar-refractivity contribution in [2.24, 2.45) is 0 Å². The molecule has 1 fully saturated rings. The molecule has 1 aliphatic carbocycles. The van der Waals surface area contributed by atoms with Crippen LogP contribution in [-0.4, -0.2) is 38.7 Å². The van der Waals surface area contributed by atoms with E-state index in [4.69, 9.17) is 18.9 Å². The first-order chi connectivity index (χ1) is 14.5. The van der Waals surface area contributed by atoms with Gasteiger partial charge in [0.05, 0.1) is 12.5 Å². The zero-order valence-corrected chi connectivity index (χ0v) is 16.7. The molecule has 4 rings (SSSR count). The van der Waals surface area contributed by atoms with Gasteiger partial charge in [-0.1, -0.05) is 18.9 Å². The number of fused-ring (bicyclic) bond motifs is 1. The fraction of sp³-hybridized carbons (Fsp3) is 0.391. The fourth-order valence-electron chi connectivity index (χ4n) is 4.12. The number of methoxy groups -OCH3 is 1. The molecule has 7 heteroatoms. The van der Waals surface area contributed by atoms with Gasteiger partial charge in [0, 0.05) is 5.56 Å². The van der Waals surface area contributed by atoms with Crippen molar-refractivity contribution in [3.05, 3.63) is 53.3 Å². The molecule has 0 radical (unpaired) electrons. The third kappa shape index (κ3) is 3.72. The highest BCUT2D eigenvalue weighted by molar-refractivity contribution is 5.98. The summed E-state index contributed by atoms with van der Waals surface area (Å²) in [6.45, 7) is 0.505. The predicted octanol–water partition coefficient (Wildman–Crippen LogP) is 3.84. The first-order valence-corrected chi connectivity index (χ1v) is 9.97. The topological polar surface area (TPSA) is 71.1 Å². The summed E-state index contributed by atoms with van der Waals surface area (Å²) in [7, 11) is 1.35. The minimum absolute atomic E-state index is 0.0482. The van der Waals surface area contributed by atoms with E-state index in [1.165, 1.54) is 19.2 Å². The van der Waals surface area contributed by atoms with E-state index in [1.54, 1.807) is 0 Å². The Bertz CT molecular complexity index is 964. The molecule has 0 saturated heterocycles. The van der Waals surface area contributed by atoms with Gasteiger partial charge in [-0.15, -0.1) is 0 Å². The minimum atomic E-state index is -0.818. The molecule has 2 aromatic rings. The number of rotatable bonds is 6. The van der Waals surface area contributed by atoms with E-state index in [0.29, 0.717) is 37.6 Å². The maximum atomic E-state index is 13.9. The average molecular weight is 414 g/mol. The number of esters is 1. The highest BCUT2D eigenvalue weighted by Gasteiger charge is 2.45. The van der Waals surface area contributed by atoms with Gasteiger partial charge in [-0.25, -0.2) is 4.39 Å². The zero-order chi connectivity index (χ0) is 21.1. The zero-order valence-electron chi connectivity index (χ0n) is 16.7. The molecule has 2 aromatic carbocycles. The molecule has 2 aliphatic rings. The van der Waals surface area contributed by atoms with Gasteiger partial charge in [0.25, 0.3) is 0 Å². The Morgan fingerprint density at radius 3 is 2.47 bits per heavy atom. The maximum Gasteiger partial charge on any atom is 0.317 e. The third-order valence-electron chi connectivity index (χ3n) is 5.75. The van der Waals surface area contributed by atoms with Gasteiger partial charge in [0.2, 0.25) is 0 Å². The van der Waals surface area contributed by atoms with Crippen molar-refractivity contribution in [3.63, 3.8) is 0 Å². The molecule has 0 atom stereocenters. The van der Waals surface area contributed by atoms with E-state index >= 15 is 0 Å². The Labute approximate surface area is 173 Å². The van der Waals surface area contributed by atoms with Crippen molar-refractivity contribution < 1.29 is 32.9 Å². The quantitative estimate of drug-likeness (QED) is 0.528. The molecule has 1 aliphatic heterocycles. The molecule has 0 aromatic heterocycles. The molecule has 0 N–H and O–H groups in total. The van der Waals surface area contributed by atoms with Crippen LogP contribution in [-0.2, 0) is 14.9 Å². The lowest BCUT2D eigenvalue weighted by molar-refractivity contribution is -0.149. The van der Waals surface area contributed by atoms with Crippen LogP contribution in [0.4, 0.5) is 4.39 Å². The van der Waals surface area contributed by atoms with Crippen LogP contribution in [0, 0.1) is 5.82 Å². The van der Waals surface area contributed by atoms with Gasteiger partial charge < -0.3 is 18.9 Å². The number of Topliss-reactive ketones (excluding diaryl/α,β-unsaturated/α-hetero) is 1. The van der Waals surface area contributed by atoms with Crippen LogP contribution < -0.4 is 14.2 Å². The molecular weight excluding hydrogens is 391 g/mol. The third-order valence-corrected chi connectivity index (χ3v) is 5.75. The highest BCUT2D eigenvalue weighted by Crippen LogP contribution is 2.45. The van der Waals surface area contributed by atoms with Crippen LogP contribution in [0.25, 0.3) is 0 Å². The van der Waals surface area contributed by atoms with Gasteiger partial charge >= 0.3 is 5.97 Å². The molecule has 1 heterocycles. The van der Waals surface area contributed by atoms with E-state index in [-0.39, 0.29) is 11.3 Å². The number of carbonyl (C=O) groups is 2. The SMILES string of the molecule is COc1ccc(C(=O)COC(=O)C2(c3ccc4c(c3)OCCO4)CCCC2)cc1F. The van der Waals surface area contributed by atoms with Crippen molar-refractivity contribution >= 4 is 11.8 Å². The summed E-state index contributed by atoms with van der Waals surface area (Å²) in [6, 6.07) is 9.41. The van der Waals surface area contributed by atoms with Gasteiger partial charge in [0.1, 0.15) is 13.2 Å².